The van der Waals surface area contributed by atoms with Gasteiger partial charge < -0.3 is 9.84 Å². The van der Waals surface area contributed by atoms with Crippen molar-refractivity contribution < 1.29 is 14.8 Å². The van der Waals surface area contributed by atoms with Crippen molar-refractivity contribution in [3.05, 3.63) is 69.8 Å². The Morgan fingerprint density at radius 3 is 2.70 bits per heavy atom. The first kappa shape index (κ1) is 14.0. The number of non-ortho nitro benzene ring substituents is 1. The summed E-state index contributed by atoms with van der Waals surface area (Å²) in [5.41, 5.74) is 1.44. The molecule has 1 atom stereocenters. The summed E-state index contributed by atoms with van der Waals surface area (Å²) in [7, 11) is 0. The van der Waals surface area contributed by atoms with Crippen molar-refractivity contribution in [1.29, 1.82) is 0 Å². The Bertz CT molecular complexity index is 610. The van der Waals surface area contributed by atoms with Crippen LogP contribution in [0, 0.1) is 10.1 Å². The molecule has 0 bridgehead atoms. The fraction of sp³-hybridized carbons (Fsp3) is 0.200. The molecule has 0 amide bonds. The topological polar surface area (TPSA) is 72.6 Å². The second-order valence-electron chi connectivity index (χ2n) is 4.43. The highest BCUT2D eigenvalue weighted by Gasteiger charge is 2.10. The second kappa shape index (κ2) is 6.16. The van der Waals surface area contributed by atoms with Gasteiger partial charge in [-0.1, -0.05) is 30.3 Å². The molecule has 1 N–H and O–H groups in total. The van der Waals surface area contributed by atoms with Crippen LogP contribution in [-0.4, -0.2) is 10.0 Å². The van der Waals surface area contributed by atoms with Crippen molar-refractivity contribution in [2.24, 2.45) is 0 Å². The van der Waals surface area contributed by atoms with Crippen LogP contribution in [0.3, 0.4) is 0 Å². The van der Waals surface area contributed by atoms with E-state index in [9.17, 15) is 15.2 Å². The molecule has 0 aromatic heterocycles. The smallest absolute Gasteiger partial charge is 0.269 e. The van der Waals surface area contributed by atoms with Crippen LogP contribution >= 0.6 is 0 Å². The first-order valence-electron chi connectivity index (χ1n) is 6.21. The molecule has 0 unspecified atom stereocenters. The molecule has 2 rings (SSSR count). The number of nitro benzene ring substituents is 1. The summed E-state index contributed by atoms with van der Waals surface area (Å²) >= 11 is 0. The van der Waals surface area contributed by atoms with Gasteiger partial charge in [-0.2, -0.15) is 0 Å². The van der Waals surface area contributed by atoms with Gasteiger partial charge in [0.2, 0.25) is 0 Å². The summed E-state index contributed by atoms with van der Waals surface area (Å²) in [6.45, 7) is 1.88. The number of ether oxygens (including phenoxy) is 1. The molecule has 5 nitrogen and oxygen atoms in total. The quantitative estimate of drug-likeness (QED) is 0.670. The van der Waals surface area contributed by atoms with E-state index < -0.39 is 11.0 Å². The molecule has 2 aromatic rings. The molecule has 2 aromatic carbocycles. The number of aliphatic hydroxyl groups is 1. The van der Waals surface area contributed by atoms with E-state index >= 15 is 0 Å². The van der Waals surface area contributed by atoms with Crippen LogP contribution in [0.15, 0.2) is 48.5 Å². The predicted molar refractivity (Wildman–Crippen MR) is 74.5 cm³/mol. The molecule has 0 radical (unpaired) electrons. The number of aliphatic hydroxyl groups excluding tert-OH is 1. The second-order valence-corrected chi connectivity index (χ2v) is 4.43. The third kappa shape index (κ3) is 3.33. The van der Waals surface area contributed by atoms with Gasteiger partial charge in [0.15, 0.2) is 0 Å². The van der Waals surface area contributed by atoms with Crippen molar-refractivity contribution in [2.45, 2.75) is 19.6 Å². The lowest BCUT2D eigenvalue weighted by Crippen LogP contribution is -2.01. The summed E-state index contributed by atoms with van der Waals surface area (Å²) in [4.78, 5) is 10.3. The Kier molecular flexibility index (Phi) is 4.32. The molecule has 104 valence electrons. The van der Waals surface area contributed by atoms with E-state index in [0.717, 1.165) is 0 Å². The normalized spacial score (nSPS) is 11.9. The number of rotatable bonds is 5. The van der Waals surface area contributed by atoms with Gasteiger partial charge >= 0.3 is 0 Å². The molecule has 0 fully saturated rings. The highest BCUT2D eigenvalue weighted by Crippen LogP contribution is 2.25. The zero-order valence-corrected chi connectivity index (χ0v) is 11.0. The highest BCUT2D eigenvalue weighted by atomic mass is 16.6. The van der Waals surface area contributed by atoms with Gasteiger partial charge in [-0.3, -0.25) is 10.1 Å². The summed E-state index contributed by atoms with van der Waals surface area (Å²) < 4.78 is 5.64. The lowest BCUT2D eigenvalue weighted by Gasteiger charge is -2.13. The van der Waals surface area contributed by atoms with Crippen molar-refractivity contribution in [3.8, 4) is 5.75 Å². The van der Waals surface area contributed by atoms with Gasteiger partial charge in [-0.25, -0.2) is 0 Å². The van der Waals surface area contributed by atoms with Crippen molar-refractivity contribution in [1.82, 2.24) is 0 Å². The van der Waals surface area contributed by atoms with E-state index in [2.05, 4.69) is 0 Å². The van der Waals surface area contributed by atoms with Gasteiger partial charge in [-0.05, 0) is 18.6 Å². The number of benzene rings is 2. The Morgan fingerprint density at radius 2 is 2.00 bits per heavy atom. The summed E-state index contributed by atoms with van der Waals surface area (Å²) in [5, 5.41) is 20.4. The Hall–Kier alpha value is -2.40. The lowest BCUT2D eigenvalue weighted by atomic mass is 10.1. The summed E-state index contributed by atoms with van der Waals surface area (Å²) in [6, 6.07) is 13.5. The Labute approximate surface area is 116 Å². The fourth-order valence-electron chi connectivity index (χ4n) is 1.88. The molecule has 0 aliphatic rings. The van der Waals surface area contributed by atoms with Gasteiger partial charge in [0.05, 0.1) is 11.0 Å². The average molecular weight is 273 g/mol. The standard InChI is InChI=1S/C15H15NO4/c1-11(17)14-7-2-3-8-15(14)20-10-12-5-4-6-13(9-12)16(18)19/h2-9,11,17H,10H2,1H3/t11-/m0/s1. The minimum Gasteiger partial charge on any atom is -0.489 e. The zero-order chi connectivity index (χ0) is 14.5. The third-order valence-corrected chi connectivity index (χ3v) is 2.88. The molecule has 0 aliphatic heterocycles. The molecule has 0 aliphatic carbocycles. The Morgan fingerprint density at radius 1 is 1.25 bits per heavy atom. The molecule has 0 saturated carbocycles. The number of nitrogens with zero attached hydrogens (tertiary/aromatic N) is 1. The molecular weight excluding hydrogens is 258 g/mol. The minimum absolute atomic E-state index is 0.0370. The van der Waals surface area contributed by atoms with E-state index in [0.29, 0.717) is 16.9 Å². The zero-order valence-electron chi connectivity index (χ0n) is 11.0. The molecule has 20 heavy (non-hydrogen) atoms. The average Bonchev–Trinajstić information content (AvgIpc) is 2.45. The van der Waals surface area contributed by atoms with Crippen LogP contribution in [0.4, 0.5) is 5.69 Å². The number of hydrogen-bond donors (Lipinski definition) is 1. The first-order valence-corrected chi connectivity index (χ1v) is 6.21. The number of nitro groups is 1. The van der Waals surface area contributed by atoms with E-state index in [1.54, 1.807) is 31.2 Å². The third-order valence-electron chi connectivity index (χ3n) is 2.88. The number of hydrogen-bond acceptors (Lipinski definition) is 4. The maximum absolute atomic E-state index is 10.7. The summed E-state index contributed by atoms with van der Waals surface area (Å²) in [6.07, 6.45) is -0.628. The SMILES string of the molecule is C[C@H](O)c1ccccc1OCc1cccc([N+](=O)[O-])c1. The van der Waals surface area contributed by atoms with Crippen LogP contribution in [0.2, 0.25) is 0 Å². The predicted octanol–water partition coefficient (Wildman–Crippen LogP) is 3.23. The molecule has 0 saturated heterocycles. The van der Waals surface area contributed by atoms with Crippen LogP contribution in [0.25, 0.3) is 0 Å². The molecule has 5 heteroatoms. The highest BCUT2D eigenvalue weighted by molar-refractivity contribution is 5.36. The molecule has 0 spiro atoms. The van der Waals surface area contributed by atoms with Gasteiger partial charge in [0.1, 0.15) is 12.4 Å². The summed E-state index contributed by atoms with van der Waals surface area (Å²) in [5.74, 6) is 0.578. The Balaban J connectivity index is 2.13. The molecule has 0 heterocycles. The van der Waals surface area contributed by atoms with Gasteiger partial charge in [0.25, 0.3) is 5.69 Å². The largest absolute Gasteiger partial charge is 0.489 e. The molecular formula is C15H15NO4. The van der Waals surface area contributed by atoms with Crippen LogP contribution < -0.4 is 4.74 Å². The van der Waals surface area contributed by atoms with Crippen LogP contribution in [-0.2, 0) is 6.61 Å². The fourth-order valence-corrected chi connectivity index (χ4v) is 1.88. The van der Waals surface area contributed by atoms with E-state index in [4.69, 9.17) is 4.74 Å². The van der Waals surface area contributed by atoms with Crippen molar-refractivity contribution >= 4 is 5.69 Å². The maximum atomic E-state index is 10.7. The van der Waals surface area contributed by atoms with Crippen LogP contribution in [0.5, 0.6) is 5.75 Å². The van der Waals surface area contributed by atoms with Gasteiger partial charge in [-0.15, -0.1) is 0 Å². The lowest BCUT2D eigenvalue weighted by molar-refractivity contribution is -0.384. The monoisotopic (exact) mass is 273 g/mol. The first-order chi connectivity index (χ1) is 9.58. The minimum atomic E-state index is -0.628. The van der Waals surface area contributed by atoms with Crippen LogP contribution in [0.1, 0.15) is 24.2 Å². The van der Waals surface area contributed by atoms with Crippen molar-refractivity contribution in [2.75, 3.05) is 0 Å². The maximum Gasteiger partial charge on any atom is 0.269 e. The van der Waals surface area contributed by atoms with E-state index in [1.807, 2.05) is 12.1 Å². The van der Waals surface area contributed by atoms with Crippen molar-refractivity contribution in [3.63, 3.8) is 0 Å². The van der Waals surface area contributed by atoms with Gasteiger partial charge in [0, 0.05) is 17.7 Å². The van der Waals surface area contributed by atoms with E-state index in [-0.39, 0.29) is 12.3 Å². The van der Waals surface area contributed by atoms with E-state index in [1.165, 1.54) is 12.1 Å². The number of para-hydroxylation sites is 1.